The van der Waals surface area contributed by atoms with Crippen molar-refractivity contribution < 1.29 is 4.74 Å². The van der Waals surface area contributed by atoms with Crippen LogP contribution in [-0.4, -0.2) is 12.6 Å². The molecule has 0 fully saturated rings. The first-order chi connectivity index (χ1) is 9.30. The van der Waals surface area contributed by atoms with Crippen LogP contribution in [0.15, 0.2) is 18.2 Å². The second-order valence-electron chi connectivity index (χ2n) is 5.50. The Morgan fingerprint density at radius 1 is 1.11 bits per heavy atom. The second-order valence-corrected chi connectivity index (χ2v) is 5.50. The van der Waals surface area contributed by atoms with Gasteiger partial charge in [0.15, 0.2) is 0 Å². The lowest BCUT2D eigenvalue weighted by molar-refractivity contribution is 0.178. The molecule has 0 saturated heterocycles. The Balaban J connectivity index is 2.20. The lowest BCUT2D eigenvalue weighted by Crippen LogP contribution is -2.31. The van der Waals surface area contributed by atoms with Crippen molar-refractivity contribution in [3.63, 3.8) is 0 Å². The van der Waals surface area contributed by atoms with Crippen LogP contribution in [0.25, 0.3) is 0 Å². The monoisotopic (exact) mass is 261 g/mol. The summed E-state index contributed by atoms with van der Waals surface area (Å²) in [7, 11) is 0. The zero-order valence-corrected chi connectivity index (χ0v) is 12.5. The van der Waals surface area contributed by atoms with E-state index in [9.17, 15) is 0 Å². The van der Waals surface area contributed by atoms with Gasteiger partial charge in [-0.25, -0.2) is 0 Å². The minimum absolute atomic E-state index is 0.309. The Labute approximate surface area is 117 Å². The number of nitrogens with one attached hydrogen (secondary N) is 1. The topological polar surface area (TPSA) is 21.3 Å². The summed E-state index contributed by atoms with van der Waals surface area (Å²) in [5.41, 5.74) is 2.81. The van der Waals surface area contributed by atoms with E-state index in [0.29, 0.717) is 12.1 Å². The van der Waals surface area contributed by atoms with Crippen LogP contribution in [0, 0.1) is 0 Å². The van der Waals surface area contributed by atoms with E-state index in [-0.39, 0.29) is 0 Å². The van der Waals surface area contributed by atoms with Gasteiger partial charge in [0.2, 0.25) is 0 Å². The Morgan fingerprint density at radius 2 is 1.95 bits per heavy atom. The fraction of sp³-hybridized carbons (Fsp3) is 0.647. The number of hydrogen-bond acceptors (Lipinski definition) is 2. The number of rotatable bonds is 7. The molecule has 0 saturated carbocycles. The lowest BCUT2D eigenvalue weighted by atomic mass is 9.97. The summed E-state index contributed by atoms with van der Waals surface area (Å²) in [6.07, 6.45) is 6.13. The van der Waals surface area contributed by atoms with E-state index >= 15 is 0 Å². The molecule has 2 unspecified atom stereocenters. The fourth-order valence-corrected chi connectivity index (χ4v) is 2.88. The lowest BCUT2D eigenvalue weighted by Gasteiger charge is -2.19. The van der Waals surface area contributed by atoms with E-state index in [1.165, 1.54) is 30.4 Å². The molecule has 0 radical (unpaired) electrons. The van der Waals surface area contributed by atoms with Gasteiger partial charge < -0.3 is 10.1 Å². The van der Waals surface area contributed by atoms with Crippen molar-refractivity contribution in [2.24, 2.45) is 0 Å². The Kier molecular flexibility index (Phi) is 5.26. The molecule has 0 aromatic heterocycles. The third-order valence-corrected chi connectivity index (χ3v) is 3.79. The predicted molar refractivity (Wildman–Crippen MR) is 80.8 cm³/mol. The molecule has 1 aliphatic rings. The standard InChI is InChI=1S/C17H27NO/c1-4-7-13-9-10-15-14(12-13)17(18-11-6-3)16(19-15)8-5-2/h9-10,12,16-18H,4-8,11H2,1-3H3. The Hall–Kier alpha value is -1.02. The van der Waals surface area contributed by atoms with Gasteiger partial charge in [0.1, 0.15) is 11.9 Å². The first-order valence-corrected chi connectivity index (χ1v) is 7.83. The first-order valence-electron chi connectivity index (χ1n) is 7.83. The van der Waals surface area contributed by atoms with Crippen LogP contribution >= 0.6 is 0 Å². The zero-order valence-electron chi connectivity index (χ0n) is 12.5. The highest BCUT2D eigenvalue weighted by Crippen LogP contribution is 2.39. The summed E-state index contributed by atoms with van der Waals surface area (Å²) in [5.74, 6) is 1.09. The van der Waals surface area contributed by atoms with Crippen LogP contribution in [0.5, 0.6) is 5.75 Å². The van der Waals surface area contributed by atoms with Crippen LogP contribution in [0.1, 0.15) is 63.6 Å². The highest BCUT2D eigenvalue weighted by atomic mass is 16.5. The minimum Gasteiger partial charge on any atom is -0.488 e. The molecule has 19 heavy (non-hydrogen) atoms. The van der Waals surface area contributed by atoms with Gasteiger partial charge in [-0.1, -0.05) is 45.7 Å². The molecule has 2 atom stereocenters. The van der Waals surface area contributed by atoms with Crippen LogP contribution in [-0.2, 0) is 6.42 Å². The molecule has 2 nitrogen and oxygen atoms in total. The molecule has 0 aliphatic carbocycles. The van der Waals surface area contributed by atoms with E-state index < -0.39 is 0 Å². The molecule has 1 heterocycles. The van der Waals surface area contributed by atoms with Gasteiger partial charge in [-0.2, -0.15) is 0 Å². The summed E-state index contributed by atoms with van der Waals surface area (Å²) < 4.78 is 6.13. The van der Waals surface area contributed by atoms with E-state index in [1.54, 1.807) is 0 Å². The highest BCUT2D eigenvalue weighted by molar-refractivity contribution is 5.43. The molecule has 2 rings (SSSR count). The minimum atomic E-state index is 0.309. The Bertz CT molecular complexity index is 402. The van der Waals surface area contributed by atoms with Gasteiger partial charge >= 0.3 is 0 Å². The van der Waals surface area contributed by atoms with Crippen LogP contribution in [0.3, 0.4) is 0 Å². The van der Waals surface area contributed by atoms with Gasteiger partial charge in [0, 0.05) is 5.56 Å². The number of aryl methyl sites for hydroxylation is 1. The summed E-state index contributed by atoms with van der Waals surface area (Å²) >= 11 is 0. The first kappa shape index (κ1) is 14.4. The van der Waals surface area contributed by atoms with Crippen molar-refractivity contribution in [1.82, 2.24) is 5.32 Å². The molecule has 1 aliphatic heterocycles. The van der Waals surface area contributed by atoms with Crippen LogP contribution in [0.4, 0.5) is 0 Å². The number of hydrogen-bond donors (Lipinski definition) is 1. The quantitative estimate of drug-likeness (QED) is 0.792. The van der Waals surface area contributed by atoms with E-state index in [4.69, 9.17) is 4.74 Å². The largest absolute Gasteiger partial charge is 0.488 e. The summed E-state index contributed by atoms with van der Waals surface area (Å²) in [6, 6.07) is 7.11. The maximum atomic E-state index is 6.13. The Morgan fingerprint density at radius 3 is 2.63 bits per heavy atom. The van der Waals surface area contributed by atoms with E-state index in [2.05, 4.69) is 44.3 Å². The summed E-state index contributed by atoms with van der Waals surface area (Å²) in [5, 5.41) is 3.67. The number of fused-ring (bicyclic) bond motifs is 1. The SMILES string of the molecule is CCCNC1c2cc(CCC)ccc2OC1CCC. The number of ether oxygens (including phenoxy) is 1. The zero-order chi connectivity index (χ0) is 13.7. The van der Waals surface area contributed by atoms with Crippen molar-refractivity contribution in [2.45, 2.75) is 65.0 Å². The smallest absolute Gasteiger partial charge is 0.124 e. The maximum Gasteiger partial charge on any atom is 0.124 e. The molecule has 1 aromatic carbocycles. The van der Waals surface area contributed by atoms with Crippen LogP contribution < -0.4 is 10.1 Å². The molecular weight excluding hydrogens is 234 g/mol. The van der Waals surface area contributed by atoms with Gasteiger partial charge in [-0.3, -0.25) is 0 Å². The molecule has 0 spiro atoms. The van der Waals surface area contributed by atoms with Crippen molar-refractivity contribution in [1.29, 1.82) is 0 Å². The van der Waals surface area contributed by atoms with Gasteiger partial charge in [0.05, 0.1) is 6.04 Å². The maximum absolute atomic E-state index is 6.13. The van der Waals surface area contributed by atoms with E-state index in [0.717, 1.165) is 25.1 Å². The average molecular weight is 261 g/mol. The van der Waals surface area contributed by atoms with Crippen molar-refractivity contribution in [3.05, 3.63) is 29.3 Å². The van der Waals surface area contributed by atoms with Crippen LogP contribution in [0.2, 0.25) is 0 Å². The third kappa shape index (κ3) is 3.30. The normalized spacial score (nSPS) is 21.2. The average Bonchev–Trinajstić information content (AvgIpc) is 2.74. The highest BCUT2D eigenvalue weighted by Gasteiger charge is 2.33. The van der Waals surface area contributed by atoms with E-state index in [1.807, 2.05) is 0 Å². The molecule has 1 N–H and O–H groups in total. The molecule has 106 valence electrons. The molecule has 2 heteroatoms. The molecule has 1 aromatic rings. The molecule has 0 bridgehead atoms. The molecule has 0 amide bonds. The van der Waals surface area contributed by atoms with Gasteiger partial charge in [-0.15, -0.1) is 0 Å². The third-order valence-electron chi connectivity index (χ3n) is 3.79. The number of benzene rings is 1. The van der Waals surface area contributed by atoms with Gasteiger partial charge in [-0.05, 0) is 37.4 Å². The van der Waals surface area contributed by atoms with Crippen molar-refractivity contribution in [3.8, 4) is 5.75 Å². The second kappa shape index (κ2) is 6.95. The van der Waals surface area contributed by atoms with Crippen molar-refractivity contribution in [2.75, 3.05) is 6.54 Å². The van der Waals surface area contributed by atoms with Crippen molar-refractivity contribution >= 4 is 0 Å². The summed E-state index contributed by atoms with van der Waals surface area (Å²) in [6.45, 7) is 7.74. The predicted octanol–water partition coefficient (Wildman–Crippen LogP) is 4.24. The van der Waals surface area contributed by atoms with Gasteiger partial charge in [0.25, 0.3) is 0 Å². The summed E-state index contributed by atoms with van der Waals surface area (Å²) in [4.78, 5) is 0. The fourth-order valence-electron chi connectivity index (χ4n) is 2.88. The molecular formula is C17H27NO.